The lowest BCUT2D eigenvalue weighted by molar-refractivity contribution is 0.299. The van der Waals surface area contributed by atoms with Gasteiger partial charge in [0, 0.05) is 12.6 Å². The highest BCUT2D eigenvalue weighted by Gasteiger charge is 2.18. The molecule has 2 rings (SSSR count). The Hall–Kier alpha value is -1.22. The van der Waals surface area contributed by atoms with E-state index in [4.69, 9.17) is 9.47 Å². The van der Waals surface area contributed by atoms with Gasteiger partial charge in [0.25, 0.3) is 0 Å². The first-order valence-corrected chi connectivity index (χ1v) is 7.76. The normalized spacial score (nSPS) is 22.6. The van der Waals surface area contributed by atoms with Crippen LogP contribution < -0.4 is 14.8 Å². The third-order valence-electron chi connectivity index (χ3n) is 4.06. The quantitative estimate of drug-likeness (QED) is 0.858. The second-order valence-corrected chi connectivity index (χ2v) is 5.77. The Labute approximate surface area is 122 Å². The highest BCUT2D eigenvalue weighted by Crippen LogP contribution is 2.28. The zero-order valence-electron chi connectivity index (χ0n) is 12.9. The number of ether oxygens (including phenoxy) is 2. The van der Waals surface area contributed by atoms with Gasteiger partial charge in [0.15, 0.2) is 11.5 Å². The standard InChI is InChI=1S/C17H27NO2/c1-4-20-16-9-8-14(11-17(16)19-3)12-18-15-7-5-6-13(2)10-15/h8-9,11,13,15,18H,4-7,10,12H2,1-3H3. The van der Waals surface area contributed by atoms with Crippen molar-refractivity contribution in [2.45, 2.75) is 52.1 Å². The van der Waals surface area contributed by atoms with Crippen LogP contribution in [0.2, 0.25) is 0 Å². The van der Waals surface area contributed by atoms with Gasteiger partial charge in [0.2, 0.25) is 0 Å². The lowest BCUT2D eigenvalue weighted by Gasteiger charge is -2.27. The average molecular weight is 277 g/mol. The molecule has 3 heteroatoms. The molecule has 0 amide bonds. The monoisotopic (exact) mass is 277 g/mol. The number of hydrogen-bond acceptors (Lipinski definition) is 3. The molecule has 1 aliphatic carbocycles. The van der Waals surface area contributed by atoms with Crippen LogP contribution in [-0.2, 0) is 6.54 Å². The van der Waals surface area contributed by atoms with Gasteiger partial charge in [0.05, 0.1) is 13.7 Å². The van der Waals surface area contributed by atoms with Crippen LogP contribution in [-0.4, -0.2) is 19.8 Å². The van der Waals surface area contributed by atoms with Crippen molar-refractivity contribution in [2.75, 3.05) is 13.7 Å². The highest BCUT2D eigenvalue weighted by atomic mass is 16.5. The molecule has 1 aromatic carbocycles. The van der Waals surface area contributed by atoms with E-state index in [1.54, 1.807) is 7.11 Å². The van der Waals surface area contributed by atoms with Crippen molar-refractivity contribution in [1.82, 2.24) is 5.32 Å². The molecule has 1 aliphatic rings. The molecule has 3 nitrogen and oxygen atoms in total. The highest BCUT2D eigenvalue weighted by molar-refractivity contribution is 5.42. The van der Waals surface area contributed by atoms with Crippen molar-refractivity contribution < 1.29 is 9.47 Å². The van der Waals surface area contributed by atoms with Gasteiger partial charge in [-0.05, 0) is 43.4 Å². The van der Waals surface area contributed by atoms with Crippen molar-refractivity contribution in [2.24, 2.45) is 5.92 Å². The summed E-state index contributed by atoms with van der Waals surface area (Å²) in [5.41, 5.74) is 1.25. The van der Waals surface area contributed by atoms with Crippen LogP contribution in [0.3, 0.4) is 0 Å². The van der Waals surface area contributed by atoms with Gasteiger partial charge < -0.3 is 14.8 Å². The van der Waals surface area contributed by atoms with Crippen LogP contribution in [0.5, 0.6) is 11.5 Å². The van der Waals surface area contributed by atoms with E-state index >= 15 is 0 Å². The summed E-state index contributed by atoms with van der Waals surface area (Å²) in [5.74, 6) is 2.50. The number of hydrogen-bond donors (Lipinski definition) is 1. The smallest absolute Gasteiger partial charge is 0.161 e. The van der Waals surface area contributed by atoms with Gasteiger partial charge in [-0.15, -0.1) is 0 Å². The fourth-order valence-corrected chi connectivity index (χ4v) is 2.98. The van der Waals surface area contributed by atoms with Crippen molar-refractivity contribution in [3.05, 3.63) is 23.8 Å². The molecule has 112 valence electrons. The first kappa shape index (κ1) is 15.2. The Morgan fingerprint density at radius 1 is 1.25 bits per heavy atom. The summed E-state index contributed by atoms with van der Waals surface area (Å²) in [7, 11) is 1.69. The molecule has 2 unspecified atom stereocenters. The Morgan fingerprint density at radius 2 is 2.10 bits per heavy atom. The van der Waals surface area contributed by atoms with E-state index in [-0.39, 0.29) is 0 Å². The first-order chi connectivity index (χ1) is 9.72. The predicted molar refractivity (Wildman–Crippen MR) is 82.4 cm³/mol. The van der Waals surface area contributed by atoms with Crippen LogP contribution in [0, 0.1) is 5.92 Å². The van der Waals surface area contributed by atoms with Gasteiger partial charge in [-0.2, -0.15) is 0 Å². The maximum absolute atomic E-state index is 5.55. The minimum atomic E-state index is 0.661. The van der Waals surface area contributed by atoms with E-state index in [0.29, 0.717) is 12.6 Å². The second-order valence-electron chi connectivity index (χ2n) is 5.77. The number of rotatable bonds is 6. The van der Waals surface area contributed by atoms with E-state index in [1.165, 1.54) is 31.2 Å². The molecule has 2 atom stereocenters. The Balaban J connectivity index is 1.92. The summed E-state index contributed by atoms with van der Waals surface area (Å²) in [5, 5.41) is 3.67. The topological polar surface area (TPSA) is 30.5 Å². The largest absolute Gasteiger partial charge is 0.493 e. The predicted octanol–water partition coefficient (Wildman–Crippen LogP) is 3.76. The van der Waals surface area contributed by atoms with Gasteiger partial charge in [0.1, 0.15) is 0 Å². The SMILES string of the molecule is CCOc1ccc(CNC2CCCC(C)C2)cc1OC. The molecule has 0 spiro atoms. The molecular formula is C17H27NO2. The molecule has 1 fully saturated rings. The third-order valence-corrected chi connectivity index (χ3v) is 4.06. The van der Waals surface area contributed by atoms with Gasteiger partial charge in [-0.3, -0.25) is 0 Å². The van der Waals surface area contributed by atoms with Crippen molar-refractivity contribution in [3.8, 4) is 11.5 Å². The van der Waals surface area contributed by atoms with Crippen LogP contribution in [0.4, 0.5) is 0 Å². The molecule has 1 saturated carbocycles. The second kappa shape index (κ2) is 7.53. The zero-order valence-corrected chi connectivity index (χ0v) is 12.9. The summed E-state index contributed by atoms with van der Waals surface area (Å²) >= 11 is 0. The van der Waals surface area contributed by atoms with Gasteiger partial charge in [-0.1, -0.05) is 25.8 Å². The number of nitrogens with one attached hydrogen (secondary N) is 1. The lowest BCUT2D eigenvalue weighted by atomic mass is 9.87. The molecule has 0 saturated heterocycles. The number of methoxy groups -OCH3 is 1. The fourth-order valence-electron chi connectivity index (χ4n) is 2.98. The summed E-state index contributed by atoms with van der Waals surface area (Å²) < 4.78 is 10.9. The third kappa shape index (κ3) is 4.14. The zero-order chi connectivity index (χ0) is 14.4. The van der Waals surface area contributed by atoms with Gasteiger partial charge in [-0.25, -0.2) is 0 Å². The van der Waals surface area contributed by atoms with Crippen LogP contribution >= 0.6 is 0 Å². The average Bonchev–Trinajstić information content (AvgIpc) is 2.46. The number of benzene rings is 1. The van der Waals surface area contributed by atoms with Crippen LogP contribution in [0.15, 0.2) is 18.2 Å². The lowest BCUT2D eigenvalue weighted by Crippen LogP contribution is -2.33. The Kier molecular flexibility index (Phi) is 5.72. The van der Waals surface area contributed by atoms with Crippen molar-refractivity contribution >= 4 is 0 Å². The van der Waals surface area contributed by atoms with E-state index in [1.807, 2.05) is 13.0 Å². The summed E-state index contributed by atoms with van der Waals surface area (Å²) in [6, 6.07) is 6.86. The van der Waals surface area contributed by atoms with Crippen LogP contribution in [0.1, 0.15) is 45.1 Å². The molecule has 0 aromatic heterocycles. The minimum absolute atomic E-state index is 0.661. The van der Waals surface area contributed by atoms with Crippen molar-refractivity contribution in [3.63, 3.8) is 0 Å². The molecule has 0 bridgehead atoms. The van der Waals surface area contributed by atoms with E-state index in [0.717, 1.165) is 24.0 Å². The summed E-state index contributed by atoms with van der Waals surface area (Å²) in [4.78, 5) is 0. The molecule has 0 radical (unpaired) electrons. The maximum atomic E-state index is 5.55. The molecule has 1 N–H and O–H groups in total. The van der Waals surface area contributed by atoms with E-state index < -0.39 is 0 Å². The molecular weight excluding hydrogens is 250 g/mol. The van der Waals surface area contributed by atoms with E-state index in [9.17, 15) is 0 Å². The first-order valence-electron chi connectivity index (χ1n) is 7.76. The van der Waals surface area contributed by atoms with Crippen molar-refractivity contribution in [1.29, 1.82) is 0 Å². The van der Waals surface area contributed by atoms with Crippen LogP contribution in [0.25, 0.3) is 0 Å². The molecule has 0 heterocycles. The molecule has 0 aliphatic heterocycles. The fraction of sp³-hybridized carbons (Fsp3) is 0.647. The molecule has 20 heavy (non-hydrogen) atoms. The van der Waals surface area contributed by atoms with E-state index in [2.05, 4.69) is 24.4 Å². The Morgan fingerprint density at radius 3 is 2.80 bits per heavy atom. The minimum Gasteiger partial charge on any atom is -0.493 e. The summed E-state index contributed by atoms with van der Waals surface area (Å²) in [6.07, 6.45) is 5.34. The maximum Gasteiger partial charge on any atom is 0.161 e. The Bertz CT molecular complexity index is 419. The van der Waals surface area contributed by atoms with Gasteiger partial charge >= 0.3 is 0 Å². The summed E-state index contributed by atoms with van der Waals surface area (Å²) in [6.45, 7) is 5.90. The molecule has 1 aromatic rings.